The molecule has 0 aliphatic rings. The van der Waals surface area contributed by atoms with Crippen LogP contribution in [0.2, 0.25) is 5.15 Å². The van der Waals surface area contributed by atoms with Crippen LogP contribution >= 0.6 is 11.6 Å². The molecule has 0 aliphatic heterocycles. The second-order valence-corrected chi connectivity index (χ2v) is 3.32. The Morgan fingerprint density at radius 1 is 1.64 bits per heavy atom. The first kappa shape index (κ1) is 10.9. The van der Waals surface area contributed by atoms with Crippen LogP contribution in [-0.4, -0.2) is 21.9 Å². The second kappa shape index (κ2) is 4.34. The zero-order chi connectivity index (χ0) is 10.7. The minimum atomic E-state index is -0.599. The average molecular weight is 215 g/mol. The van der Waals surface area contributed by atoms with Crippen LogP contribution in [0.3, 0.4) is 0 Å². The van der Waals surface area contributed by atoms with E-state index >= 15 is 0 Å². The molecule has 0 spiro atoms. The summed E-state index contributed by atoms with van der Waals surface area (Å²) in [5, 5.41) is 2.74. The van der Waals surface area contributed by atoms with Gasteiger partial charge in [-0.2, -0.15) is 0 Å². The molecule has 1 unspecified atom stereocenters. The number of carbonyl (C=O) groups excluding carboxylic acids is 1. The first-order chi connectivity index (χ1) is 6.49. The van der Waals surface area contributed by atoms with Crippen molar-refractivity contribution >= 4 is 23.5 Å². The van der Waals surface area contributed by atoms with E-state index in [0.717, 1.165) is 0 Å². The van der Waals surface area contributed by atoms with Crippen LogP contribution < -0.4 is 11.1 Å². The first-order valence-electron chi connectivity index (χ1n) is 4.06. The normalized spacial score (nSPS) is 12.3. The molecule has 1 amide bonds. The van der Waals surface area contributed by atoms with Crippen molar-refractivity contribution in [2.24, 2.45) is 5.73 Å². The average Bonchev–Trinajstić information content (AvgIpc) is 2.01. The van der Waals surface area contributed by atoms with Crippen LogP contribution in [0.15, 0.2) is 6.07 Å². The quantitative estimate of drug-likeness (QED) is 0.711. The van der Waals surface area contributed by atoms with Crippen molar-refractivity contribution in [1.29, 1.82) is 0 Å². The van der Waals surface area contributed by atoms with Gasteiger partial charge in [-0.3, -0.25) is 10.1 Å². The van der Waals surface area contributed by atoms with E-state index in [2.05, 4.69) is 15.3 Å². The highest BCUT2D eigenvalue weighted by molar-refractivity contribution is 6.29. The Labute approximate surface area is 86.7 Å². The molecule has 0 saturated carbocycles. The Bertz CT molecular complexity index is 333. The fourth-order valence-corrected chi connectivity index (χ4v) is 1.05. The summed E-state index contributed by atoms with van der Waals surface area (Å²) in [6, 6.07) is 1.00. The van der Waals surface area contributed by atoms with Gasteiger partial charge in [-0.15, -0.1) is 0 Å². The minimum absolute atomic E-state index is 0.178. The Kier molecular flexibility index (Phi) is 3.38. The molecule has 3 N–H and O–H groups in total. The van der Waals surface area contributed by atoms with Gasteiger partial charge in [0.25, 0.3) is 0 Å². The fourth-order valence-electron chi connectivity index (χ4n) is 0.810. The molecule has 0 radical (unpaired) electrons. The second-order valence-electron chi connectivity index (χ2n) is 2.93. The number of amides is 1. The number of carbonyl (C=O) groups is 1. The summed E-state index contributed by atoms with van der Waals surface area (Å²) in [6.07, 6.45) is 0. The summed E-state index contributed by atoms with van der Waals surface area (Å²) >= 11 is 5.68. The van der Waals surface area contributed by atoms with E-state index in [4.69, 9.17) is 17.3 Å². The van der Waals surface area contributed by atoms with Gasteiger partial charge in [0, 0.05) is 5.69 Å². The number of aryl methyl sites for hydroxylation is 1. The molecule has 0 aromatic carbocycles. The summed E-state index contributed by atoms with van der Waals surface area (Å²) < 4.78 is 0. The molecule has 0 fully saturated rings. The van der Waals surface area contributed by atoms with Gasteiger partial charge in [0.1, 0.15) is 5.15 Å². The van der Waals surface area contributed by atoms with E-state index in [1.807, 2.05) is 0 Å². The molecule has 1 aromatic heterocycles. The molecule has 0 saturated heterocycles. The monoisotopic (exact) mass is 214 g/mol. The van der Waals surface area contributed by atoms with Gasteiger partial charge in [-0.25, -0.2) is 9.97 Å². The number of aromatic nitrogens is 2. The molecule has 0 bridgehead atoms. The zero-order valence-electron chi connectivity index (χ0n) is 7.91. The van der Waals surface area contributed by atoms with Crippen LogP contribution in [0.1, 0.15) is 12.6 Å². The number of hydrogen-bond donors (Lipinski definition) is 2. The van der Waals surface area contributed by atoms with Crippen molar-refractivity contribution in [3.63, 3.8) is 0 Å². The van der Waals surface area contributed by atoms with E-state index in [0.29, 0.717) is 5.69 Å². The Hall–Kier alpha value is -1.20. The van der Waals surface area contributed by atoms with Crippen molar-refractivity contribution in [1.82, 2.24) is 9.97 Å². The van der Waals surface area contributed by atoms with Crippen LogP contribution in [-0.2, 0) is 4.79 Å². The lowest BCUT2D eigenvalue weighted by molar-refractivity contribution is -0.117. The van der Waals surface area contributed by atoms with Gasteiger partial charge >= 0.3 is 0 Å². The number of anilines is 1. The van der Waals surface area contributed by atoms with Crippen molar-refractivity contribution in [3.05, 3.63) is 16.9 Å². The third-order valence-electron chi connectivity index (χ3n) is 1.47. The highest BCUT2D eigenvalue weighted by atomic mass is 35.5. The maximum Gasteiger partial charge on any atom is 0.243 e. The minimum Gasteiger partial charge on any atom is -0.320 e. The van der Waals surface area contributed by atoms with Gasteiger partial charge in [0.05, 0.1) is 6.04 Å². The molecular weight excluding hydrogens is 204 g/mol. The largest absolute Gasteiger partial charge is 0.320 e. The maximum atomic E-state index is 11.2. The van der Waals surface area contributed by atoms with E-state index < -0.39 is 6.04 Å². The van der Waals surface area contributed by atoms with Crippen molar-refractivity contribution in [2.75, 3.05) is 5.32 Å². The summed E-state index contributed by atoms with van der Waals surface area (Å²) in [4.78, 5) is 19.0. The SMILES string of the molecule is Cc1cc(Cl)nc(NC(=O)C(C)N)n1. The van der Waals surface area contributed by atoms with Crippen molar-refractivity contribution in [2.45, 2.75) is 19.9 Å². The number of nitrogens with one attached hydrogen (secondary N) is 1. The van der Waals surface area contributed by atoms with Gasteiger partial charge in [-0.1, -0.05) is 11.6 Å². The molecule has 0 aliphatic carbocycles. The molecule has 76 valence electrons. The smallest absolute Gasteiger partial charge is 0.243 e. The van der Waals surface area contributed by atoms with Crippen LogP contribution in [0.5, 0.6) is 0 Å². The summed E-state index contributed by atoms with van der Waals surface area (Å²) in [5.74, 6) is -0.163. The molecular formula is C8H11ClN4O. The summed E-state index contributed by atoms with van der Waals surface area (Å²) in [6.45, 7) is 3.34. The number of nitrogens with zero attached hydrogens (tertiary/aromatic N) is 2. The van der Waals surface area contributed by atoms with Crippen LogP contribution in [0.4, 0.5) is 5.95 Å². The van der Waals surface area contributed by atoms with E-state index in [-0.39, 0.29) is 17.0 Å². The van der Waals surface area contributed by atoms with Gasteiger partial charge in [0.2, 0.25) is 11.9 Å². The topological polar surface area (TPSA) is 80.9 Å². The Morgan fingerprint density at radius 2 is 2.29 bits per heavy atom. The lowest BCUT2D eigenvalue weighted by Gasteiger charge is -2.06. The van der Waals surface area contributed by atoms with Gasteiger partial charge in [0.15, 0.2) is 0 Å². The highest BCUT2D eigenvalue weighted by Gasteiger charge is 2.09. The van der Waals surface area contributed by atoms with E-state index in [1.54, 1.807) is 19.9 Å². The Balaban J connectivity index is 2.82. The number of hydrogen-bond acceptors (Lipinski definition) is 4. The van der Waals surface area contributed by atoms with Crippen molar-refractivity contribution < 1.29 is 4.79 Å². The van der Waals surface area contributed by atoms with E-state index in [9.17, 15) is 4.79 Å². The fraction of sp³-hybridized carbons (Fsp3) is 0.375. The summed E-state index contributed by atoms with van der Waals surface area (Å²) in [7, 11) is 0. The first-order valence-corrected chi connectivity index (χ1v) is 4.44. The highest BCUT2D eigenvalue weighted by Crippen LogP contribution is 2.09. The number of nitrogens with two attached hydrogens (primary N) is 1. The van der Waals surface area contributed by atoms with Crippen LogP contribution in [0.25, 0.3) is 0 Å². The Morgan fingerprint density at radius 3 is 2.79 bits per heavy atom. The molecule has 14 heavy (non-hydrogen) atoms. The summed E-state index contributed by atoms with van der Waals surface area (Å²) in [5.41, 5.74) is 6.04. The molecule has 1 atom stereocenters. The molecule has 1 heterocycles. The molecule has 6 heteroatoms. The molecule has 1 aromatic rings. The third-order valence-corrected chi connectivity index (χ3v) is 1.67. The lowest BCUT2D eigenvalue weighted by atomic mass is 10.3. The third kappa shape index (κ3) is 2.93. The van der Waals surface area contributed by atoms with Crippen LogP contribution in [0, 0.1) is 6.92 Å². The van der Waals surface area contributed by atoms with Gasteiger partial charge < -0.3 is 5.73 Å². The predicted octanol–water partition coefficient (Wildman–Crippen LogP) is 0.724. The molecule has 1 rings (SSSR count). The lowest BCUT2D eigenvalue weighted by Crippen LogP contribution is -2.33. The maximum absolute atomic E-state index is 11.2. The van der Waals surface area contributed by atoms with Crippen molar-refractivity contribution in [3.8, 4) is 0 Å². The van der Waals surface area contributed by atoms with E-state index in [1.165, 1.54) is 0 Å². The molecule has 5 nitrogen and oxygen atoms in total. The zero-order valence-corrected chi connectivity index (χ0v) is 8.67. The standard InChI is InChI=1S/C8H11ClN4O/c1-4-3-6(9)12-8(11-4)13-7(14)5(2)10/h3,5H,10H2,1-2H3,(H,11,12,13,14). The van der Waals surface area contributed by atoms with Gasteiger partial charge in [-0.05, 0) is 19.9 Å². The number of halogens is 1. The predicted molar refractivity (Wildman–Crippen MR) is 54.1 cm³/mol. The number of rotatable bonds is 2.